The molecular weight excluding hydrogens is 215 g/mol. The number of hydrogen-bond acceptors (Lipinski definition) is 2. The van der Waals surface area contributed by atoms with Crippen LogP contribution in [0.1, 0.15) is 43.9 Å². The van der Waals surface area contributed by atoms with Crippen LogP contribution in [-0.2, 0) is 0 Å². The zero-order valence-corrected chi connectivity index (χ0v) is 10.2. The fourth-order valence-electron chi connectivity index (χ4n) is 2.02. The van der Waals surface area contributed by atoms with Crippen LogP contribution in [0.15, 0.2) is 18.2 Å². The minimum Gasteiger partial charge on any atom is -0.307 e. The van der Waals surface area contributed by atoms with E-state index < -0.39 is 0 Å². The van der Waals surface area contributed by atoms with Crippen LogP contribution in [0.4, 0.5) is 4.39 Å². The van der Waals surface area contributed by atoms with Crippen LogP contribution in [0.25, 0.3) is 0 Å². The van der Waals surface area contributed by atoms with Crippen LogP contribution < -0.4 is 5.32 Å². The fraction of sp³-hybridized carbons (Fsp3) is 0.500. The maximum atomic E-state index is 14.1. The summed E-state index contributed by atoms with van der Waals surface area (Å²) in [5.74, 6) is -0.0686. The average molecular weight is 232 g/mol. The molecule has 1 fully saturated rings. The molecule has 0 radical (unpaired) electrons. The highest BCUT2D eigenvalue weighted by Gasteiger charge is 2.28. The van der Waals surface area contributed by atoms with E-state index in [4.69, 9.17) is 5.26 Å². The molecule has 90 valence electrons. The van der Waals surface area contributed by atoms with Gasteiger partial charge in [-0.3, -0.25) is 0 Å². The second kappa shape index (κ2) is 4.85. The van der Waals surface area contributed by atoms with Crippen molar-refractivity contribution in [1.82, 2.24) is 5.32 Å². The molecule has 1 saturated carbocycles. The molecule has 0 aromatic heterocycles. The minimum absolute atomic E-state index is 0.00389. The number of halogens is 1. The summed E-state index contributed by atoms with van der Waals surface area (Å²) in [4.78, 5) is 0. The van der Waals surface area contributed by atoms with Gasteiger partial charge in [0, 0.05) is 17.6 Å². The fourth-order valence-corrected chi connectivity index (χ4v) is 2.02. The SMILES string of the molecule is CC(C)C(NC1CC1)c1cccc(C#N)c1F. The van der Waals surface area contributed by atoms with Gasteiger partial charge in [-0.2, -0.15) is 5.26 Å². The van der Waals surface area contributed by atoms with E-state index in [0.717, 1.165) is 0 Å². The highest BCUT2D eigenvalue weighted by Crippen LogP contribution is 2.30. The molecule has 3 heteroatoms. The summed E-state index contributed by atoms with van der Waals surface area (Å²) >= 11 is 0. The third-order valence-corrected chi connectivity index (χ3v) is 3.14. The summed E-state index contributed by atoms with van der Waals surface area (Å²) in [6, 6.07) is 7.46. The van der Waals surface area contributed by atoms with Crippen LogP contribution in [0, 0.1) is 23.1 Å². The summed E-state index contributed by atoms with van der Waals surface area (Å²) in [5, 5.41) is 12.3. The van der Waals surface area contributed by atoms with Gasteiger partial charge >= 0.3 is 0 Å². The standard InChI is InChI=1S/C14H17FN2/c1-9(2)14(17-11-6-7-11)12-5-3-4-10(8-16)13(12)15/h3-5,9,11,14,17H,6-7H2,1-2H3. The molecule has 0 bridgehead atoms. The van der Waals surface area contributed by atoms with Crippen LogP contribution in [-0.4, -0.2) is 6.04 Å². The van der Waals surface area contributed by atoms with Crippen molar-refractivity contribution in [2.75, 3.05) is 0 Å². The number of nitrogens with one attached hydrogen (secondary N) is 1. The number of rotatable bonds is 4. The van der Waals surface area contributed by atoms with E-state index in [1.807, 2.05) is 6.07 Å². The van der Waals surface area contributed by atoms with Crippen LogP contribution in [0.5, 0.6) is 0 Å². The molecule has 0 heterocycles. The summed E-state index contributed by atoms with van der Waals surface area (Å²) in [6.45, 7) is 4.14. The zero-order chi connectivity index (χ0) is 12.4. The van der Waals surface area contributed by atoms with E-state index >= 15 is 0 Å². The number of nitrogens with zero attached hydrogens (tertiary/aromatic N) is 1. The van der Waals surface area contributed by atoms with E-state index in [-0.39, 0.29) is 17.4 Å². The molecule has 2 rings (SSSR count). The Morgan fingerprint density at radius 2 is 2.12 bits per heavy atom. The molecule has 1 atom stereocenters. The normalized spacial score (nSPS) is 16.9. The molecule has 1 aromatic rings. The first-order chi connectivity index (χ1) is 8.13. The van der Waals surface area contributed by atoms with Crippen molar-refractivity contribution >= 4 is 0 Å². The molecule has 0 aliphatic heterocycles. The van der Waals surface area contributed by atoms with Gasteiger partial charge in [-0.1, -0.05) is 26.0 Å². The molecule has 2 nitrogen and oxygen atoms in total. The molecule has 1 aliphatic carbocycles. The Morgan fingerprint density at radius 1 is 1.41 bits per heavy atom. The van der Waals surface area contributed by atoms with Crippen LogP contribution in [0.3, 0.4) is 0 Å². The number of hydrogen-bond donors (Lipinski definition) is 1. The van der Waals surface area contributed by atoms with Crippen LogP contribution in [0.2, 0.25) is 0 Å². The van der Waals surface area contributed by atoms with Gasteiger partial charge in [-0.15, -0.1) is 0 Å². The zero-order valence-electron chi connectivity index (χ0n) is 10.2. The average Bonchev–Trinajstić information content (AvgIpc) is 3.10. The predicted molar refractivity (Wildman–Crippen MR) is 64.9 cm³/mol. The van der Waals surface area contributed by atoms with Crippen molar-refractivity contribution in [3.63, 3.8) is 0 Å². The van der Waals surface area contributed by atoms with Crippen molar-refractivity contribution in [3.8, 4) is 6.07 Å². The predicted octanol–water partition coefficient (Wildman–Crippen LogP) is 3.15. The van der Waals surface area contributed by atoms with Crippen molar-refractivity contribution in [1.29, 1.82) is 5.26 Å². The van der Waals surface area contributed by atoms with Gasteiger partial charge in [-0.05, 0) is 24.8 Å². The summed E-state index contributed by atoms with van der Waals surface area (Å²) in [5.41, 5.74) is 0.747. The first-order valence-electron chi connectivity index (χ1n) is 6.08. The number of nitriles is 1. The molecular formula is C14H17FN2. The number of benzene rings is 1. The monoisotopic (exact) mass is 232 g/mol. The third-order valence-electron chi connectivity index (χ3n) is 3.14. The molecule has 0 amide bonds. The first kappa shape index (κ1) is 12.1. The van der Waals surface area contributed by atoms with Gasteiger partial charge in [-0.25, -0.2) is 4.39 Å². The summed E-state index contributed by atoms with van der Waals surface area (Å²) < 4.78 is 14.1. The van der Waals surface area contributed by atoms with Crippen molar-refractivity contribution in [3.05, 3.63) is 35.1 Å². The summed E-state index contributed by atoms with van der Waals surface area (Å²) in [6.07, 6.45) is 2.34. The molecule has 1 aromatic carbocycles. The van der Waals surface area contributed by atoms with Gasteiger partial charge in [0.15, 0.2) is 0 Å². The Morgan fingerprint density at radius 3 is 2.65 bits per heavy atom. The van der Waals surface area contributed by atoms with Gasteiger partial charge in [0.05, 0.1) is 5.56 Å². The minimum atomic E-state index is -0.373. The maximum absolute atomic E-state index is 14.1. The highest BCUT2D eigenvalue weighted by atomic mass is 19.1. The Kier molecular flexibility index (Phi) is 3.44. The Labute approximate surface area is 101 Å². The lowest BCUT2D eigenvalue weighted by molar-refractivity contribution is 0.394. The maximum Gasteiger partial charge on any atom is 0.145 e. The van der Waals surface area contributed by atoms with Gasteiger partial charge in [0.1, 0.15) is 11.9 Å². The highest BCUT2D eigenvalue weighted by molar-refractivity contribution is 5.36. The van der Waals surface area contributed by atoms with Crippen molar-refractivity contribution < 1.29 is 4.39 Å². The van der Waals surface area contributed by atoms with E-state index in [1.165, 1.54) is 18.9 Å². The lowest BCUT2D eigenvalue weighted by Crippen LogP contribution is -2.28. The van der Waals surface area contributed by atoms with E-state index in [2.05, 4.69) is 19.2 Å². The topological polar surface area (TPSA) is 35.8 Å². The first-order valence-corrected chi connectivity index (χ1v) is 6.08. The Bertz CT molecular complexity index is 444. The molecule has 0 spiro atoms. The van der Waals surface area contributed by atoms with Gasteiger partial charge in [0.25, 0.3) is 0 Å². The second-order valence-electron chi connectivity index (χ2n) is 4.98. The molecule has 0 saturated heterocycles. The molecule has 1 unspecified atom stereocenters. The smallest absolute Gasteiger partial charge is 0.145 e. The van der Waals surface area contributed by atoms with Gasteiger partial charge in [0.2, 0.25) is 0 Å². The van der Waals surface area contributed by atoms with E-state index in [0.29, 0.717) is 17.5 Å². The van der Waals surface area contributed by atoms with E-state index in [1.54, 1.807) is 12.1 Å². The van der Waals surface area contributed by atoms with Crippen LogP contribution >= 0.6 is 0 Å². The third kappa shape index (κ3) is 2.65. The van der Waals surface area contributed by atoms with Crippen molar-refractivity contribution in [2.45, 2.75) is 38.8 Å². The lowest BCUT2D eigenvalue weighted by atomic mass is 9.94. The Balaban J connectivity index is 2.31. The second-order valence-corrected chi connectivity index (χ2v) is 4.98. The quantitative estimate of drug-likeness (QED) is 0.865. The largest absolute Gasteiger partial charge is 0.307 e. The van der Waals surface area contributed by atoms with Gasteiger partial charge < -0.3 is 5.32 Å². The van der Waals surface area contributed by atoms with E-state index in [9.17, 15) is 4.39 Å². The molecule has 17 heavy (non-hydrogen) atoms. The lowest BCUT2D eigenvalue weighted by Gasteiger charge is -2.23. The molecule has 1 N–H and O–H groups in total. The molecule has 1 aliphatic rings. The summed E-state index contributed by atoms with van der Waals surface area (Å²) in [7, 11) is 0. The Hall–Kier alpha value is -1.40. The van der Waals surface area contributed by atoms with Crippen molar-refractivity contribution in [2.24, 2.45) is 5.92 Å².